The molecule has 8 heteroatoms. The average molecular weight is 505 g/mol. The van der Waals surface area contributed by atoms with Gasteiger partial charge in [-0.25, -0.2) is 10.1 Å². The molecule has 3 aromatic carbocycles. The molecule has 0 aliphatic carbocycles. The average Bonchev–Trinajstić information content (AvgIpc) is 3.30. The minimum Gasteiger partial charge on any atom is -0.497 e. The van der Waals surface area contributed by atoms with E-state index in [0.29, 0.717) is 0 Å². The van der Waals surface area contributed by atoms with E-state index in [-0.39, 0.29) is 5.69 Å². The quantitative estimate of drug-likeness (QED) is 0.281. The highest BCUT2D eigenvalue weighted by Crippen LogP contribution is 2.26. The van der Waals surface area contributed by atoms with Crippen LogP contribution in [0.2, 0.25) is 0 Å². The first-order chi connectivity index (χ1) is 16.1. The lowest BCUT2D eigenvalue weighted by Crippen LogP contribution is -2.18. The lowest BCUT2D eigenvalue weighted by Gasteiger charge is -2.08. The van der Waals surface area contributed by atoms with Gasteiger partial charge in [-0.15, -0.1) is 0 Å². The van der Waals surface area contributed by atoms with Gasteiger partial charge in [0.15, 0.2) is 5.69 Å². The number of rotatable bonds is 7. The molecule has 1 aromatic heterocycles. The summed E-state index contributed by atoms with van der Waals surface area (Å²) in [6.07, 6.45) is 1.56. The summed E-state index contributed by atoms with van der Waals surface area (Å²) in [6.45, 7) is 0. The molecule has 0 aliphatic heterocycles. The maximum Gasteiger partial charge on any atom is 0.291 e. The number of hydrogen-bond donors (Lipinski definition) is 1. The number of aromatic nitrogens is 2. The zero-order chi connectivity index (χ0) is 23.2. The van der Waals surface area contributed by atoms with E-state index in [1.54, 1.807) is 31.2 Å². The van der Waals surface area contributed by atoms with Crippen LogP contribution < -0.4 is 14.9 Å². The molecule has 4 rings (SSSR count). The van der Waals surface area contributed by atoms with E-state index in [1.807, 2.05) is 72.8 Å². The molecule has 0 atom stereocenters. The lowest BCUT2D eigenvalue weighted by atomic mass is 10.1. The fraction of sp³-hybridized carbons (Fsp3) is 0.0800. The van der Waals surface area contributed by atoms with Gasteiger partial charge in [0.25, 0.3) is 5.91 Å². The Bertz CT molecular complexity index is 1260. The topological polar surface area (TPSA) is 77.7 Å². The number of ether oxygens (including phenoxy) is 2. The molecule has 166 valence electrons. The van der Waals surface area contributed by atoms with Crippen LogP contribution in [0.1, 0.15) is 16.1 Å². The van der Waals surface area contributed by atoms with Crippen molar-refractivity contribution in [3.8, 4) is 28.4 Å². The largest absolute Gasteiger partial charge is 0.497 e. The summed E-state index contributed by atoms with van der Waals surface area (Å²) in [5.41, 5.74) is 6.11. The minimum atomic E-state index is -0.412. The Labute approximate surface area is 199 Å². The van der Waals surface area contributed by atoms with Crippen molar-refractivity contribution in [1.82, 2.24) is 15.2 Å². The number of benzene rings is 3. The lowest BCUT2D eigenvalue weighted by molar-refractivity contribution is 0.0949. The van der Waals surface area contributed by atoms with E-state index in [9.17, 15) is 4.79 Å². The number of halogens is 1. The molecule has 0 unspecified atom stereocenters. The van der Waals surface area contributed by atoms with E-state index in [1.165, 1.54) is 0 Å². The van der Waals surface area contributed by atoms with Crippen LogP contribution in [-0.4, -0.2) is 36.1 Å². The van der Waals surface area contributed by atoms with Gasteiger partial charge >= 0.3 is 0 Å². The zero-order valence-corrected chi connectivity index (χ0v) is 19.6. The Morgan fingerprint density at radius 2 is 1.55 bits per heavy atom. The van der Waals surface area contributed by atoms with E-state index in [4.69, 9.17) is 9.47 Å². The molecule has 0 fully saturated rings. The van der Waals surface area contributed by atoms with Crippen molar-refractivity contribution in [2.45, 2.75) is 0 Å². The van der Waals surface area contributed by atoms with Crippen LogP contribution in [0, 0.1) is 0 Å². The Kier molecular flexibility index (Phi) is 6.85. The highest BCUT2D eigenvalue weighted by atomic mass is 79.9. The predicted octanol–water partition coefficient (Wildman–Crippen LogP) is 5.08. The van der Waals surface area contributed by atoms with Gasteiger partial charge in [-0.2, -0.15) is 10.2 Å². The Morgan fingerprint density at radius 1 is 0.939 bits per heavy atom. The second kappa shape index (κ2) is 10.1. The molecule has 33 heavy (non-hydrogen) atoms. The smallest absolute Gasteiger partial charge is 0.291 e. The number of methoxy groups -OCH3 is 2. The van der Waals surface area contributed by atoms with Crippen molar-refractivity contribution in [2.24, 2.45) is 5.10 Å². The first kappa shape index (κ1) is 22.3. The molecule has 0 saturated carbocycles. The molecule has 4 aromatic rings. The van der Waals surface area contributed by atoms with Gasteiger partial charge in [0.05, 0.1) is 31.8 Å². The van der Waals surface area contributed by atoms with Crippen LogP contribution in [0.4, 0.5) is 0 Å². The van der Waals surface area contributed by atoms with Gasteiger partial charge in [-0.3, -0.25) is 4.79 Å². The number of carbonyl (C=O) groups excluding carboxylic acids is 1. The summed E-state index contributed by atoms with van der Waals surface area (Å²) >= 11 is 3.46. The first-order valence-electron chi connectivity index (χ1n) is 10.1. The molecular formula is C25H21BrN4O3. The van der Waals surface area contributed by atoms with Crippen molar-refractivity contribution in [3.63, 3.8) is 0 Å². The third-order valence-electron chi connectivity index (χ3n) is 4.89. The van der Waals surface area contributed by atoms with Crippen molar-refractivity contribution in [3.05, 3.63) is 94.6 Å². The fourth-order valence-corrected chi connectivity index (χ4v) is 3.42. The summed E-state index contributed by atoms with van der Waals surface area (Å²) in [7, 11) is 3.22. The zero-order valence-electron chi connectivity index (χ0n) is 18.0. The van der Waals surface area contributed by atoms with Gasteiger partial charge in [0.2, 0.25) is 0 Å². The molecule has 1 amide bonds. The molecule has 0 radical (unpaired) electrons. The van der Waals surface area contributed by atoms with Gasteiger partial charge in [0.1, 0.15) is 11.5 Å². The van der Waals surface area contributed by atoms with Gasteiger partial charge in [-0.05, 0) is 72.3 Å². The van der Waals surface area contributed by atoms with Crippen molar-refractivity contribution in [1.29, 1.82) is 0 Å². The highest BCUT2D eigenvalue weighted by Gasteiger charge is 2.17. The van der Waals surface area contributed by atoms with Crippen LogP contribution in [0.3, 0.4) is 0 Å². The Balaban J connectivity index is 1.61. The van der Waals surface area contributed by atoms with Crippen LogP contribution in [0.25, 0.3) is 16.9 Å². The van der Waals surface area contributed by atoms with Crippen molar-refractivity contribution in [2.75, 3.05) is 14.2 Å². The maximum absolute atomic E-state index is 12.8. The second-order valence-corrected chi connectivity index (χ2v) is 7.92. The van der Waals surface area contributed by atoms with E-state index in [2.05, 4.69) is 31.6 Å². The van der Waals surface area contributed by atoms with Gasteiger partial charge < -0.3 is 9.47 Å². The molecular weight excluding hydrogens is 484 g/mol. The fourth-order valence-electron chi connectivity index (χ4n) is 3.15. The number of nitrogens with zero attached hydrogens (tertiary/aromatic N) is 3. The SMILES string of the molecule is COc1ccc(/C=N\NC(=O)c2cc(-c3ccc(Br)cc3)n(-c3ccc(OC)cc3)n2)cc1. The van der Waals surface area contributed by atoms with Crippen molar-refractivity contribution < 1.29 is 14.3 Å². The number of hydrogen-bond acceptors (Lipinski definition) is 5. The molecule has 1 N–H and O–H groups in total. The molecule has 1 heterocycles. The Hall–Kier alpha value is -3.91. The van der Waals surface area contributed by atoms with Gasteiger partial charge in [0, 0.05) is 10.0 Å². The standard InChI is InChI=1S/C25H21BrN4O3/c1-32-21-11-3-17(4-12-21)16-27-28-25(31)23-15-24(18-5-7-19(26)8-6-18)30(29-23)20-9-13-22(33-2)14-10-20/h3-16H,1-2H3,(H,28,31)/b27-16-. The summed E-state index contributed by atoms with van der Waals surface area (Å²) < 4.78 is 13.1. The van der Waals surface area contributed by atoms with Crippen LogP contribution in [0.15, 0.2) is 88.4 Å². The summed E-state index contributed by atoms with van der Waals surface area (Å²) in [4.78, 5) is 12.8. The number of nitrogens with one attached hydrogen (secondary N) is 1. The van der Waals surface area contributed by atoms with Crippen LogP contribution in [0.5, 0.6) is 11.5 Å². The van der Waals surface area contributed by atoms with Crippen LogP contribution in [-0.2, 0) is 0 Å². The predicted molar refractivity (Wildman–Crippen MR) is 131 cm³/mol. The molecule has 0 spiro atoms. The summed E-state index contributed by atoms with van der Waals surface area (Å²) in [6, 6.07) is 24.4. The normalized spacial score (nSPS) is 10.9. The van der Waals surface area contributed by atoms with E-state index >= 15 is 0 Å². The highest BCUT2D eigenvalue weighted by molar-refractivity contribution is 9.10. The summed E-state index contributed by atoms with van der Waals surface area (Å²) in [5, 5.41) is 8.60. The second-order valence-electron chi connectivity index (χ2n) is 7.00. The molecule has 0 bridgehead atoms. The number of amides is 1. The number of hydrazone groups is 1. The maximum atomic E-state index is 12.8. The molecule has 0 aliphatic rings. The first-order valence-corrected chi connectivity index (χ1v) is 10.8. The monoisotopic (exact) mass is 504 g/mol. The number of carbonyl (C=O) groups is 1. The summed E-state index contributed by atoms with van der Waals surface area (Å²) in [5.74, 6) is 1.08. The van der Waals surface area contributed by atoms with Crippen LogP contribution >= 0.6 is 15.9 Å². The molecule has 0 saturated heterocycles. The van der Waals surface area contributed by atoms with Gasteiger partial charge in [-0.1, -0.05) is 28.1 Å². The van der Waals surface area contributed by atoms with E-state index in [0.717, 1.165) is 38.5 Å². The third-order valence-corrected chi connectivity index (χ3v) is 5.42. The minimum absolute atomic E-state index is 0.246. The molecule has 7 nitrogen and oxygen atoms in total. The Morgan fingerprint density at radius 3 is 2.15 bits per heavy atom. The van der Waals surface area contributed by atoms with E-state index < -0.39 is 5.91 Å². The van der Waals surface area contributed by atoms with Crippen molar-refractivity contribution >= 4 is 28.1 Å². The third kappa shape index (κ3) is 5.30.